The first-order chi connectivity index (χ1) is 13.9. The summed E-state index contributed by atoms with van der Waals surface area (Å²) in [7, 11) is 5.11. The van der Waals surface area contributed by atoms with E-state index in [1.54, 1.807) is 21.2 Å². The zero-order valence-corrected chi connectivity index (χ0v) is 17.1. The number of nitrogens with two attached hydrogens (primary N) is 1. The fourth-order valence-electron chi connectivity index (χ4n) is 3.74. The molecule has 0 spiro atoms. The summed E-state index contributed by atoms with van der Waals surface area (Å²) >= 11 is 0. The fraction of sp³-hybridized carbons (Fsp3) is 0.778. The normalized spacial score (nSPS) is 34.7. The number of carbonyl (C=O) groups is 2. The predicted molar refractivity (Wildman–Crippen MR) is 105 cm³/mol. The number of aliphatic hydroxyl groups excluding tert-OH is 1. The molecule has 0 saturated heterocycles. The third-order valence-electron chi connectivity index (χ3n) is 5.20. The molecule has 1 aliphatic carbocycles. The van der Waals surface area contributed by atoms with Crippen LogP contribution < -0.4 is 27.0 Å². The van der Waals surface area contributed by atoms with Crippen LogP contribution in [0.15, 0.2) is 11.8 Å². The average Bonchev–Trinajstić information content (AvgIpc) is 2.71. The van der Waals surface area contributed by atoms with Crippen LogP contribution in [0.4, 0.5) is 0 Å². The molecule has 0 aromatic heterocycles. The zero-order valence-electron chi connectivity index (χ0n) is 17.1. The van der Waals surface area contributed by atoms with Crippen molar-refractivity contribution < 1.29 is 28.9 Å². The zero-order chi connectivity index (χ0) is 21.4. The highest BCUT2D eigenvalue weighted by molar-refractivity contribution is 5.80. The van der Waals surface area contributed by atoms with E-state index < -0.39 is 30.6 Å². The van der Waals surface area contributed by atoms with Crippen LogP contribution in [0.1, 0.15) is 12.8 Å². The SMILES string of the molecule is CNCC1=CCC(NC(=O)CNC=O)C(OC2C(N)CC(OC)C(NC)C2O)O1. The van der Waals surface area contributed by atoms with E-state index in [0.29, 0.717) is 31.6 Å². The van der Waals surface area contributed by atoms with E-state index in [2.05, 4.69) is 21.3 Å². The molecule has 166 valence electrons. The largest absolute Gasteiger partial charge is 0.466 e. The monoisotopic (exact) mass is 415 g/mol. The minimum absolute atomic E-state index is 0.150. The lowest BCUT2D eigenvalue weighted by atomic mass is 9.84. The number of ether oxygens (including phenoxy) is 3. The van der Waals surface area contributed by atoms with Gasteiger partial charge in [0, 0.05) is 13.2 Å². The lowest BCUT2D eigenvalue weighted by Gasteiger charge is -2.45. The molecule has 1 aliphatic heterocycles. The molecule has 2 amide bonds. The van der Waals surface area contributed by atoms with Crippen LogP contribution >= 0.6 is 0 Å². The molecule has 0 bridgehead atoms. The van der Waals surface area contributed by atoms with Crippen molar-refractivity contribution in [2.24, 2.45) is 5.73 Å². The van der Waals surface area contributed by atoms with Crippen LogP contribution in [-0.4, -0.2) is 94.4 Å². The number of aliphatic hydroxyl groups is 1. The maximum absolute atomic E-state index is 12.0. The molecule has 29 heavy (non-hydrogen) atoms. The maximum atomic E-state index is 12.0. The van der Waals surface area contributed by atoms with Crippen molar-refractivity contribution in [3.05, 3.63) is 11.8 Å². The second kappa shape index (κ2) is 11.4. The summed E-state index contributed by atoms with van der Waals surface area (Å²) in [5.74, 6) is 0.304. The molecule has 2 rings (SSSR count). The number of nitrogens with one attached hydrogen (secondary N) is 4. The van der Waals surface area contributed by atoms with Gasteiger partial charge in [-0.3, -0.25) is 9.59 Å². The first-order valence-corrected chi connectivity index (χ1v) is 9.71. The van der Waals surface area contributed by atoms with Gasteiger partial charge in [0.25, 0.3) is 0 Å². The van der Waals surface area contributed by atoms with Gasteiger partial charge in [0.1, 0.15) is 11.9 Å². The second-order valence-electron chi connectivity index (χ2n) is 7.17. The molecule has 11 heteroatoms. The summed E-state index contributed by atoms with van der Waals surface area (Å²) in [4.78, 5) is 22.5. The van der Waals surface area contributed by atoms with Crippen molar-refractivity contribution in [1.29, 1.82) is 0 Å². The number of rotatable bonds is 10. The van der Waals surface area contributed by atoms with E-state index in [4.69, 9.17) is 19.9 Å². The molecule has 0 radical (unpaired) electrons. The molecule has 2 aliphatic rings. The van der Waals surface area contributed by atoms with Crippen molar-refractivity contribution >= 4 is 12.3 Å². The third-order valence-corrected chi connectivity index (χ3v) is 5.20. The number of hydrogen-bond donors (Lipinski definition) is 6. The molecule has 7 N–H and O–H groups in total. The van der Waals surface area contributed by atoms with E-state index in [9.17, 15) is 14.7 Å². The van der Waals surface area contributed by atoms with Gasteiger partial charge in [0.2, 0.25) is 18.6 Å². The first-order valence-electron chi connectivity index (χ1n) is 9.71. The van der Waals surface area contributed by atoms with Crippen LogP contribution in [0.2, 0.25) is 0 Å². The van der Waals surface area contributed by atoms with Crippen LogP contribution in [-0.2, 0) is 23.8 Å². The standard InChI is InChI=1S/C18H33N5O6/c1-20-7-10-4-5-12(23-14(25)8-22-9-24)18(28-10)29-17-11(19)6-13(27-3)15(21-2)16(17)26/h4,9,11-13,15-18,20-21,26H,5-8,19H2,1-3H3,(H,22,24)(H,23,25). The number of carbonyl (C=O) groups excluding carboxylic acids is 2. The Bertz CT molecular complexity index is 577. The van der Waals surface area contributed by atoms with E-state index in [-0.39, 0.29) is 24.6 Å². The Labute approximate surface area is 170 Å². The molecule has 7 atom stereocenters. The Balaban J connectivity index is 2.12. The third kappa shape index (κ3) is 6.11. The van der Waals surface area contributed by atoms with E-state index in [1.165, 1.54) is 0 Å². The highest BCUT2D eigenvalue weighted by Gasteiger charge is 2.45. The second-order valence-corrected chi connectivity index (χ2v) is 7.17. The van der Waals surface area contributed by atoms with Crippen LogP contribution in [0.3, 0.4) is 0 Å². The van der Waals surface area contributed by atoms with Crippen molar-refractivity contribution in [3.8, 4) is 0 Å². The number of amides is 2. The van der Waals surface area contributed by atoms with Gasteiger partial charge >= 0.3 is 0 Å². The summed E-state index contributed by atoms with van der Waals surface area (Å²) in [6.45, 7) is 0.347. The molecule has 1 saturated carbocycles. The van der Waals surface area contributed by atoms with Crippen molar-refractivity contribution in [3.63, 3.8) is 0 Å². The van der Waals surface area contributed by atoms with Gasteiger partial charge in [-0.2, -0.15) is 0 Å². The maximum Gasteiger partial charge on any atom is 0.239 e. The lowest BCUT2D eigenvalue weighted by Crippen LogP contribution is -2.65. The topological polar surface area (TPSA) is 156 Å². The molecule has 1 fully saturated rings. The highest BCUT2D eigenvalue weighted by atomic mass is 16.7. The van der Waals surface area contributed by atoms with Crippen LogP contribution in [0.25, 0.3) is 0 Å². The minimum atomic E-state index is -0.927. The van der Waals surface area contributed by atoms with Gasteiger partial charge in [-0.15, -0.1) is 0 Å². The van der Waals surface area contributed by atoms with Gasteiger partial charge in [0.15, 0.2) is 0 Å². The number of hydrogen-bond acceptors (Lipinski definition) is 9. The summed E-state index contributed by atoms with van der Waals surface area (Å²) in [6.07, 6.45) is 0.556. The molecule has 0 aromatic carbocycles. The summed E-state index contributed by atoms with van der Waals surface area (Å²) < 4.78 is 17.5. The number of methoxy groups -OCH3 is 1. The molecule has 7 unspecified atom stereocenters. The minimum Gasteiger partial charge on any atom is -0.466 e. The van der Waals surface area contributed by atoms with Gasteiger partial charge < -0.3 is 46.3 Å². The summed E-state index contributed by atoms with van der Waals surface area (Å²) in [5, 5.41) is 22.0. The first kappa shape index (κ1) is 23.5. The molecule has 11 nitrogen and oxygen atoms in total. The average molecular weight is 415 g/mol. The van der Waals surface area contributed by atoms with Crippen molar-refractivity contribution in [1.82, 2.24) is 21.3 Å². The molecular weight excluding hydrogens is 382 g/mol. The van der Waals surface area contributed by atoms with E-state index in [1.807, 2.05) is 6.08 Å². The molecular formula is C18H33N5O6. The van der Waals surface area contributed by atoms with Crippen LogP contribution in [0.5, 0.6) is 0 Å². The van der Waals surface area contributed by atoms with Crippen molar-refractivity contribution in [2.75, 3.05) is 34.3 Å². The Kier molecular flexibility index (Phi) is 9.27. The van der Waals surface area contributed by atoms with Gasteiger partial charge in [0.05, 0.1) is 37.4 Å². The molecule has 0 aromatic rings. The predicted octanol–water partition coefficient (Wildman–Crippen LogP) is -2.85. The Morgan fingerprint density at radius 2 is 2.21 bits per heavy atom. The molecule has 1 heterocycles. The fourth-order valence-corrected chi connectivity index (χ4v) is 3.74. The Morgan fingerprint density at radius 3 is 2.83 bits per heavy atom. The van der Waals surface area contributed by atoms with Crippen molar-refractivity contribution in [2.45, 2.75) is 55.6 Å². The smallest absolute Gasteiger partial charge is 0.239 e. The number of likely N-dealkylation sites (N-methyl/N-ethyl adjacent to an activating group) is 2. The highest BCUT2D eigenvalue weighted by Crippen LogP contribution is 2.28. The van der Waals surface area contributed by atoms with Crippen LogP contribution in [0, 0.1) is 0 Å². The van der Waals surface area contributed by atoms with Gasteiger partial charge in [-0.25, -0.2) is 0 Å². The Hall–Kier alpha value is -1.76. The summed E-state index contributed by atoms with van der Waals surface area (Å²) in [6, 6.07) is -1.33. The van der Waals surface area contributed by atoms with E-state index >= 15 is 0 Å². The van der Waals surface area contributed by atoms with E-state index in [0.717, 1.165) is 0 Å². The van der Waals surface area contributed by atoms with Gasteiger partial charge in [-0.1, -0.05) is 0 Å². The lowest BCUT2D eigenvalue weighted by molar-refractivity contribution is -0.216. The quantitative estimate of drug-likeness (QED) is 0.207. The van der Waals surface area contributed by atoms with Gasteiger partial charge in [-0.05, 0) is 33.0 Å². The Morgan fingerprint density at radius 1 is 1.45 bits per heavy atom. The summed E-state index contributed by atoms with van der Waals surface area (Å²) in [5.41, 5.74) is 6.26.